The van der Waals surface area contributed by atoms with E-state index in [1.165, 1.54) is 25.7 Å². The molecular weight excluding hydrogens is 303 g/mol. The van der Waals surface area contributed by atoms with Gasteiger partial charge in [0.1, 0.15) is 0 Å². The summed E-state index contributed by atoms with van der Waals surface area (Å²) in [5, 5.41) is 5.05. The maximum absolute atomic E-state index is 6.40. The lowest BCUT2D eigenvalue weighted by atomic mass is 9.83. The Labute approximate surface area is 138 Å². The number of hydrogen-bond acceptors (Lipinski definition) is 2. The minimum Gasteiger partial charge on any atom is -0.312 e. The third kappa shape index (κ3) is 3.56. The van der Waals surface area contributed by atoms with E-state index in [2.05, 4.69) is 37.3 Å². The Morgan fingerprint density at radius 1 is 1.24 bits per heavy atom. The van der Waals surface area contributed by atoms with Crippen LogP contribution in [0, 0.1) is 0 Å². The standard InChI is InChI=1S/C17H26Cl2N2/c1-4-20-15(17(21(2)3)10-5-6-11-17)12-13-8-7-9-14(18)16(13)19/h7-9,15,20H,4-6,10-12H2,1-3H3. The first-order valence-electron chi connectivity index (χ1n) is 7.85. The number of nitrogens with one attached hydrogen (secondary N) is 1. The summed E-state index contributed by atoms with van der Waals surface area (Å²) in [6, 6.07) is 6.34. The van der Waals surface area contributed by atoms with E-state index < -0.39 is 0 Å². The van der Waals surface area contributed by atoms with Gasteiger partial charge in [-0.15, -0.1) is 0 Å². The fraction of sp³-hybridized carbons (Fsp3) is 0.647. The first-order valence-corrected chi connectivity index (χ1v) is 8.60. The van der Waals surface area contributed by atoms with E-state index in [0.717, 1.165) is 18.5 Å². The number of nitrogens with zero attached hydrogens (tertiary/aromatic N) is 1. The van der Waals surface area contributed by atoms with E-state index in [1.807, 2.05) is 12.1 Å². The van der Waals surface area contributed by atoms with E-state index in [1.54, 1.807) is 0 Å². The molecular formula is C17H26Cl2N2. The number of likely N-dealkylation sites (N-methyl/N-ethyl adjacent to an activating group) is 2. The second-order valence-corrected chi connectivity index (χ2v) is 7.02. The Morgan fingerprint density at radius 3 is 2.48 bits per heavy atom. The average Bonchev–Trinajstić information content (AvgIpc) is 2.94. The molecule has 1 saturated carbocycles. The Hall–Kier alpha value is -0.280. The number of halogens is 2. The molecule has 1 aliphatic rings. The van der Waals surface area contributed by atoms with Gasteiger partial charge in [-0.1, -0.05) is 55.1 Å². The molecule has 1 fully saturated rings. The maximum atomic E-state index is 6.40. The molecule has 1 unspecified atom stereocenters. The minimum absolute atomic E-state index is 0.224. The summed E-state index contributed by atoms with van der Waals surface area (Å²) >= 11 is 12.6. The quantitative estimate of drug-likeness (QED) is 0.833. The van der Waals surface area contributed by atoms with Crippen LogP contribution in [-0.2, 0) is 6.42 Å². The fourth-order valence-electron chi connectivity index (χ4n) is 3.72. The minimum atomic E-state index is 0.224. The van der Waals surface area contributed by atoms with Crippen molar-refractivity contribution in [2.45, 2.75) is 50.6 Å². The first-order chi connectivity index (χ1) is 10.0. The molecule has 0 aliphatic heterocycles. The van der Waals surface area contributed by atoms with Crippen molar-refractivity contribution in [2.24, 2.45) is 0 Å². The van der Waals surface area contributed by atoms with Gasteiger partial charge in [0.15, 0.2) is 0 Å². The smallest absolute Gasteiger partial charge is 0.0624 e. The molecule has 2 nitrogen and oxygen atoms in total. The second kappa shape index (κ2) is 7.32. The zero-order valence-corrected chi connectivity index (χ0v) is 14.8. The highest BCUT2D eigenvalue weighted by atomic mass is 35.5. The Bertz CT molecular complexity index is 468. The molecule has 1 atom stereocenters. The summed E-state index contributed by atoms with van der Waals surface area (Å²) in [5.74, 6) is 0. The summed E-state index contributed by atoms with van der Waals surface area (Å²) in [4.78, 5) is 2.41. The van der Waals surface area contributed by atoms with E-state index in [-0.39, 0.29) is 5.54 Å². The van der Waals surface area contributed by atoms with Crippen molar-refractivity contribution < 1.29 is 0 Å². The van der Waals surface area contributed by atoms with Crippen LogP contribution in [0.5, 0.6) is 0 Å². The van der Waals surface area contributed by atoms with Crippen LogP contribution in [0.15, 0.2) is 18.2 Å². The molecule has 1 N–H and O–H groups in total. The van der Waals surface area contributed by atoms with Gasteiger partial charge >= 0.3 is 0 Å². The molecule has 0 heterocycles. The largest absolute Gasteiger partial charge is 0.312 e. The Balaban J connectivity index is 2.28. The predicted molar refractivity (Wildman–Crippen MR) is 92.5 cm³/mol. The van der Waals surface area contributed by atoms with Crippen molar-refractivity contribution in [1.29, 1.82) is 0 Å². The van der Waals surface area contributed by atoms with Crippen LogP contribution in [0.1, 0.15) is 38.2 Å². The first kappa shape index (κ1) is 17.1. The van der Waals surface area contributed by atoms with Crippen LogP contribution in [-0.4, -0.2) is 37.1 Å². The average molecular weight is 329 g/mol. The van der Waals surface area contributed by atoms with Crippen LogP contribution in [0.25, 0.3) is 0 Å². The molecule has 1 aliphatic carbocycles. The van der Waals surface area contributed by atoms with E-state index >= 15 is 0 Å². The SMILES string of the molecule is CCNC(Cc1cccc(Cl)c1Cl)C1(N(C)C)CCCC1. The van der Waals surface area contributed by atoms with E-state index in [4.69, 9.17) is 23.2 Å². The van der Waals surface area contributed by atoms with Crippen molar-refractivity contribution in [3.05, 3.63) is 33.8 Å². The van der Waals surface area contributed by atoms with Gasteiger partial charge in [0.05, 0.1) is 10.0 Å². The summed E-state index contributed by atoms with van der Waals surface area (Å²) < 4.78 is 0. The molecule has 21 heavy (non-hydrogen) atoms. The number of benzene rings is 1. The van der Waals surface area contributed by atoms with Crippen LogP contribution >= 0.6 is 23.2 Å². The van der Waals surface area contributed by atoms with Crippen molar-refractivity contribution >= 4 is 23.2 Å². The van der Waals surface area contributed by atoms with Gasteiger partial charge in [0, 0.05) is 11.6 Å². The molecule has 0 spiro atoms. The zero-order valence-electron chi connectivity index (χ0n) is 13.3. The molecule has 0 amide bonds. The zero-order chi connectivity index (χ0) is 15.5. The summed E-state index contributed by atoms with van der Waals surface area (Å²) in [6.45, 7) is 3.14. The van der Waals surface area contributed by atoms with Crippen LogP contribution in [0.3, 0.4) is 0 Å². The summed E-state index contributed by atoms with van der Waals surface area (Å²) in [7, 11) is 4.41. The summed E-state index contributed by atoms with van der Waals surface area (Å²) in [6.07, 6.45) is 6.03. The monoisotopic (exact) mass is 328 g/mol. The third-order valence-electron chi connectivity index (χ3n) is 4.91. The predicted octanol–water partition coefficient (Wildman–Crippen LogP) is 4.39. The Kier molecular flexibility index (Phi) is 5.96. The van der Waals surface area contributed by atoms with Crippen molar-refractivity contribution in [1.82, 2.24) is 10.2 Å². The molecule has 0 aromatic heterocycles. The molecule has 4 heteroatoms. The maximum Gasteiger partial charge on any atom is 0.0624 e. The second-order valence-electron chi connectivity index (χ2n) is 6.23. The molecule has 118 valence electrons. The molecule has 0 bridgehead atoms. The highest BCUT2D eigenvalue weighted by Crippen LogP contribution is 2.39. The third-order valence-corrected chi connectivity index (χ3v) is 5.77. The van der Waals surface area contributed by atoms with Gasteiger partial charge < -0.3 is 10.2 Å². The Morgan fingerprint density at radius 2 is 1.90 bits per heavy atom. The lowest BCUT2D eigenvalue weighted by Crippen LogP contribution is -2.58. The van der Waals surface area contributed by atoms with Crippen molar-refractivity contribution in [2.75, 3.05) is 20.6 Å². The topological polar surface area (TPSA) is 15.3 Å². The van der Waals surface area contributed by atoms with Crippen LogP contribution in [0.2, 0.25) is 10.0 Å². The normalized spacial score (nSPS) is 19.1. The molecule has 1 aromatic carbocycles. The van der Waals surface area contributed by atoms with Crippen molar-refractivity contribution in [3.63, 3.8) is 0 Å². The number of hydrogen-bond donors (Lipinski definition) is 1. The van der Waals surface area contributed by atoms with Gasteiger partial charge in [0.2, 0.25) is 0 Å². The molecule has 0 radical (unpaired) electrons. The lowest BCUT2D eigenvalue weighted by molar-refractivity contribution is 0.105. The van der Waals surface area contributed by atoms with E-state index in [9.17, 15) is 0 Å². The highest BCUT2D eigenvalue weighted by molar-refractivity contribution is 6.42. The molecule has 2 rings (SSSR count). The highest BCUT2D eigenvalue weighted by Gasteiger charge is 2.42. The van der Waals surface area contributed by atoms with E-state index in [0.29, 0.717) is 16.1 Å². The molecule has 1 aromatic rings. The lowest BCUT2D eigenvalue weighted by Gasteiger charge is -2.44. The summed E-state index contributed by atoms with van der Waals surface area (Å²) in [5.41, 5.74) is 1.37. The van der Waals surface area contributed by atoms with Gasteiger partial charge in [0.25, 0.3) is 0 Å². The van der Waals surface area contributed by atoms with Gasteiger partial charge in [-0.25, -0.2) is 0 Å². The fourth-order valence-corrected chi connectivity index (χ4v) is 4.12. The van der Waals surface area contributed by atoms with Gasteiger partial charge in [-0.05, 0) is 51.5 Å². The van der Waals surface area contributed by atoms with Crippen LogP contribution in [0.4, 0.5) is 0 Å². The molecule has 0 saturated heterocycles. The van der Waals surface area contributed by atoms with Gasteiger partial charge in [-0.3, -0.25) is 0 Å². The van der Waals surface area contributed by atoms with Gasteiger partial charge in [-0.2, -0.15) is 0 Å². The number of rotatable bonds is 6. The van der Waals surface area contributed by atoms with Crippen LogP contribution < -0.4 is 5.32 Å². The van der Waals surface area contributed by atoms with Crippen molar-refractivity contribution in [3.8, 4) is 0 Å².